The second-order valence-corrected chi connectivity index (χ2v) is 2.94. The molecule has 1 amide bonds. The van der Waals surface area contributed by atoms with Gasteiger partial charge in [0.1, 0.15) is 0 Å². The fourth-order valence-electron chi connectivity index (χ4n) is 0.913. The monoisotopic (exact) mass is 195 g/mol. The first-order valence-corrected chi connectivity index (χ1v) is 4.32. The van der Waals surface area contributed by atoms with E-state index in [1.165, 1.54) is 0 Å². The molecule has 0 bridgehead atoms. The Hall–Kier alpha value is -0.870. The highest BCUT2D eigenvalue weighted by atomic mass is 19.3. The van der Waals surface area contributed by atoms with E-state index >= 15 is 0 Å². The number of hydrogen-bond acceptors (Lipinski definition) is 1. The maximum absolute atomic E-state index is 12.8. The average molecular weight is 195 g/mol. The lowest BCUT2D eigenvalue weighted by Gasteiger charge is -2.15. The van der Waals surface area contributed by atoms with Crippen molar-refractivity contribution in [1.82, 2.24) is 5.32 Å². The maximum atomic E-state index is 12.8. The maximum Gasteiger partial charge on any atom is 0.404 e. The minimum Gasteiger partial charge on any atom is -0.465 e. The summed E-state index contributed by atoms with van der Waals surface area (Å²) in [6.45, 7) is 1.65. The Labute approximate surface area is 76.1 Å². The summed E-state index contributed by atoms with van der Waals surface area (Å²) >= 11 is 0. The van der Waals surface area contributed by atoms with Gasteiger partial charge in [0.15, 0.2) is 0 Å². The molecule has 0 saturated heterocycles. The van der Waals surface area contributed by atoms with Gasteiger partial charge < -0.3 is 10.4 Å². The molecule has 0 fully saturated rings. The molecule has 0 radical (unpaired) electrons. The quantitative estimate of drug-likeness (QED) is 0.684. The van der Waals surface area contributed by atoms with Crippen molar-refractivity contribution in [1.29, 1.82) is 0 Å². The largest absolute Gasteiger partial charge is 0.465 e. The Morgan fingerprint density at radius 1 is 1.46 bits per heavy atom. The lowest BCUT2D eigenvalue weighted by Crippen LogP contribution is -2.28. The zero-order chi connectivity index (χ0) is 10.3. The van der Waals surface area contributed by atoms with Gasteiger partial charge in [-0.25, -0.2) is 13.6 Å². The Morgan fingerprint density at radius 2 is 2.08 bits per heavy atom. The minimum atomic E-state index is -2.74. The molecule has 0 heterocycles. The molecule has 13 heavy (non-hydrogen) atoms. The number of hydrogen-bond donors (Lipinski definition) is 2. The van der Waals surface area contributed by atoms with Gasteiger partial charge in [-0.3, -0.25) is 0 Å². The Balaban J connectivity index is 3.56. The van der Waals surface area contributed by atoms with Crippen molar-refractivity contribution in [2.45, 2.75) is 38.5 Å². The summed E-state index contributed by atoms with van der Waals surface area (Å²) in [5, 5.41) is 10.0. The molecule has 3 nitrogen and oxygen atoms in total. The van der Waals surface area contributed by atoms with Gasteiger partial charge in [0.05, 0.1) is 0 Å². The Kier molecular flexibility index (Phi) is 5.34. The van der Waals surface area contributed by atoms with Crippen molar-refractivity contribution in [2.75, 3.05) is 6.54 Å². The van der Waals surface area contributed by atoms with E-state index in [0.29, 0.717) is 6.42 Å². The molecule has 0 aromatic carbocycles. The molecule has 2 N–H and O–H groups in total. The molecular weight excluding hydrogens is 180 g/mol. The molecule has 0 rings (SSSR count). The van der Waals surface area contributed by atoms with E-state index in [-0.39, 0.29) is 13.0 Å². The number of unbranched alkanes of at least 4 members (excludes halogenated alkanes) is 1. The van der Waals surface area contributed by atoms with E-state index in [2.05, 4.69) is 0 Å². The highest BCUT2D eigenvalue weighted by molar-refractivity contribution is 5.64. The lowest BCUT2D eigenvalue weighted by atomic mass is 10.1. The van der Waals surface area contributed by atoms with Gasteiger partial charge in [-0.2, -0.15) is 0 Å². The van der Waals surface area contributed by atoms with Crippen LogP contribution in [-0.4, -0.2) is 23.7 Å². The standard InChI is InChI=1S/C8H15F2NO2/c1-2-3-4-8(9,10)5-6-11-7(12)13/h11H,2-6H2,1H3,(H,12,13). The highest BCUT2D eigenvalue weighted by Gasteiger charge is 2.27. The third-order valence-corrected chi connectivity index (χ3v) is 1.66. The van der Waals surface area contributed by atoms with E-state index in [1.54, 1.807) is 0 Å². The van der Waals surface area contributed by atoms with Crippen LogP contribution in [0.15, 0.2) is 0 Å². The molecule has 0 aromatic rings. The number of carbonyl (C=O) groups is 1. The number of halogens is 2. The summed E-state index contributed by atoms with van der Waals surface area (Å²) in [5.74, 6) is -2.74. The number of nitrogens with one attached hydrogen (secondary N) is 1. The van der Waals surface area contributed by atoms with Crippen molar-refractivity contribution >= 4 is 6.09 Å². The SMILES string of the molecule is CCCCC(F)(F)CCNC(=O)O. The van der Waals surface area contributed by atoms with Gasteiger partial charge in [0.25, 0.3) is 0 Å². The molecule has 5 heteroatoms. The third-order valence-electron chi connectivity index (χ3n) is 1.66. The van der Waals surface area contributed by atoms with Crippen molar-refractivity contribution < 1.29 is 18.7 Å². The Morgan fingerprint density at radius 3 is 2.54 bits per heavy atom. The molecule has 0 atom stereocenters. The van der Waals surface area contributed by atoms with Crippen LogP contribution in [0.2, 0.25) is 0 Å². The summed E-state index contributed by atoms with van der Waals surface area (Å²) in [7, 11) is 0. The summed E-state index contributed by atoms with van der Waals surface area (Å²) in [5.41, 5.74) is 0. The molecule has 78 valence electrons. The zero-order valence-corrected chi connectivity index (χ0v) is 7.65. The lowest BCUT2D eigenvalue weighted by molar-refractivity contribution is -0.0170. The molecule has 0 aliphatic rings. The van der Waals surface area contributed by atoms with Crippen LogP contribution in [0.3, 0.4) is 0 Å². The minimum absolute atomic E-state index is 0.162. The van der Waals surface area contributed by atoms with Crippen LogP contribution in [0, 0.1) is 0 Å². The van der Waals surface area contributed by atoms with Crippen molar-refractivity contribution in [3.8, 4) is 0 Å². The van der Waals surface area contributed by atoms with Crippen molar-refractivity contribution in [2.24, 2.45) is 0 Å². The van der Waals surface area contributed by atoms with Crippen LogP contribution >= 0.6 is 0 Å². The molecule has 0 unspecified atom stereocenters. The smallest absolute Gasteiger partial charge is 0.404 e. The van der Waals surface area contributed by atoms with Crippen molar-refractivity contribution in [3.63, 3.8) is 0 Å². The predicted octanol–water partition coefficient (Wildman–Crippen LogP) is 2.47. The van der Waals surface area contributed by atoms with Crippen LogP contribution in [0.25, 0.3) is 0 Å². The molecule has 0 spiro atoms. The summed E-state index contributed by atoms with van der Waals surface area (Å²) in [4.78, 5) is 9.94. The molecule has 0 saturated carbocycles. The van der Waals surface area contributed by atoms with E-state index in [4.69, 9.17) is 5.11 Å². The average Bonchev–Trinajstić information content (AvgIpc) is 2.00. The third kappa shape index (κ3) is 7.49. The van der Waals surface area contributed by atoms with E-state index in [0.717, 1.165) is 6.42 Å². The van der Waals surface area contributed by atoms with Crippen LogP contribution in [0.5, 0.6) is 0 Å². The van der Waals surface area contributed by atoms with E-state index < -0.39 is 18.4 Å². The predicted molar refractivity (Wildman–Crippen MR) is 45.1 cm³/mol. The normalized spacial score (nSPS) is 11.3. The van der Waals surface area contributed by atoms with Crippen molar-refractivity contribution in [3.05, 3.63) is 0 Å². The summed E-state index contributed by atoms with van der Waals surface area (Å²) in [6, 6.07) is 0. The first kappa shape index (κ1) is 12.1. The fraction of sp³-hybridized carbons (Fsp3) is 0.875. The van der Waals surface area contributed by atoms with Crippen LogP contribution in [-0.2, 0) is 0 Å². The van der Waals surface area contributed by atoms with Gasteiger partial charge in [-0.05, 0) is 6.42 Å². The molecule has 0 aliphatic heterocycles. The summed E-state index contributed by atoms with van der Waals surface area (Å²) < 4.78 is 25.7. The van der Waals surface area contributed by atoms with Crippen LogP contribution in [0.1, 0.15) is 32.6 Å². The highest BCUT2D eigenvalue weighted by Crippen LogP contribution is 2.24. The molecule has 0 aliphatic carbocycles. The molecule has 0 aromatic heterocycles. The number of carboxylic acid groups (broad SMARTS) is 1. The van der Waals surface area contributed by atoms with Gasteiger partial charge in [0, 0.05) is 19.4 Å². The van der Waals surface area contributed by atoms with Crippen LogP contribution < -0.4 is 5.32 Å². The van der Waals surface area contributed by atoms with E-state index in [1.807, 2.05) is 12.2 Å². The topological polar surface area (TPSA) is 49.3 Å². The second kappa shape index (κ2) is 5.72. The number of amides is 1. The van der Waals surface area contributed by atoms with Gasteiger partial charge in [-0.1, -0.05) is 13.3 Å². The fourth-order valence-corrected chi connectivity index (χ4v) is 0.913. The Bertz CT molecular complexity index is 162. The molecular formula is C8H15F2NO2. The summed E-state index contributed by atoms with van der Waals surface area (Å²) in [6.07, 6.45) is -0.641. The van der Waals surface area contributed by atoms with Crippen LogP contribution in [0.4, 0.5) is 13.6 Å². The first-order chi connectivity index (χ1) is 5.98. The number of alkyl halides is 2. The zero-order valence-electron chi connectivity index (χ0n) is 7.65. The van der Waals surface area contributed by atoms with E-state index in [9.17, 15) is 13.6 Å². The van der Waals surface area contributed by atoms with Gasteiger partial charge in [0.2, 0.25) is 5.92 Å². The second-order valence-electron chi connectivity index (χ2n) is 2.94. The van der Waals surface area contributed by atoms with Gasteiger partial charge in [-0.15, -0.1) is 0 Å². The van der Waals surface area contributed by atoms with Gasteiger partial charge >= 0.3 is 6.09 Å². The number of rotatable bonds is 6. The first-order valence-electron chi connectivity index (χ1n) is 4.32.